The maximum atomic E-state index is 13.4. The number of methoxy groups -OCH3 is 1. The second kappa shape index (κ2) is 12.8. The van der Waals surface area contributed by atoms with Gasteiger partial charge in [0.2, 0.25) is 5.91 Å². The molecule has 1 aliphatic heterocycles. The Hall–Kier alpha value is -4.44. The number of carbonyl (C=O) groups excluding carboxylic acids is 1. The number of hydrogen-bond donors (Lipinski definition) is 1. The number of carbonyl (C=O) groups is 1. The smallest absolute Gasteiger partial charge is 0.236 e. The molecule has 1 aliphatic rings. The number of halogens is 1. The quantitative estimate of drug-likeness (QED) is 0.289. The second-order valence-electron chi connectivity index (χ2n) is 10.2. The van der Waals surface area contributed by atoms with Crippen LogP contribution in [0.15, 0.2) is 67.0 Å². The molecular weight excluding hydrogens is 525 g/mol. The first-order valence-corrected chi connectivity index (χ1v) is 13.5. The molecule has 1 amide bonds. The maximum absolute atomic E-state index is 13.4. The van der Waals surface area contributed by atoms with Gasteiger partial charge in [-0.25, -0.2) is 14.4 Å². The van der Waals surface area contributed by atoms with Gasteiger partial charge in [-0.3, -0.25) is 4.79 Å². The minimum Gasteiger partial charge on any atom is -0.493 e. The Balaban J connectivity index is 1.27. The molecule has 10 heteroatoms. The summed E-state index contributed by atoms with van der Waals surface area (Å²) in [6, 6.07) is 17.6. The molecule has 2 heterocycles. The zero-order valence-corrected chi connectivity index (χ0v) is 23.5. The van der Waals surface area contributed by atoms with Crippen molar-refractivity contribution in [3.63, 3.8) is 0 Å². The monoisotopic (exact) mass is 559 g/mol. The molecule has 9 nitrogen and oxygen atoms in total. The van der Waals surface area contributed by atoms with Crippen LogP contribution in [-0.4, -0.2) is 72.6 Å². The molecule has 0 saturated carbocycles. The summed E-state index contributed by atoms with van der Waals surface area (Å²) in [4.78, 5) is 25.1. The molecule has 5 rings (SSSR count). The third-order valence-corrected chi connectivity index (χ3v) is 6.87. The third kappa shape index (κ3) is 7.20. The van der Waals surface area contributed by atoms with Crippen LogP contribution in [0.2, 0.25) is 0 Å². The fourth-order valence-electron chi connectivity index (χ4n) is 4.75. The van der Waals surface area contributed by atoms with Crippen molar-refractivity contribution in [3.05, 3.63) is 78.4 Å². The van der Waals surface area contributed by atoms with Gasteiger partial charge in [-0.1, -0.05) is 12.1 Å². The number of amides is 1. The Bertz CT molecular complexity index is 1490. The van der Waals surface area contributed by atoms with Crippen LogP contribution in [0.1, 0.15) is 18.4 Å². The van der Waals surface area contributed by atoms with E-state index in [1.54, 1.807) is 13.2 Å². The van der Waals surface area contributed by atoms with Crippen molar-refractivity contribution < 1.29 is 23.4 Å². The lowest BCUT2D eigenvalue weighted by atomic mass is 10.1. The molecule has 214 valence electrons. The van der Waals surface area contributed by atoms with Crippen molar-refractivity contribution in [1.82, 2.24) is 19.8 Å². The summed E-state index contributed by atoms with van der Waals surface area (Å²) in [5, 5.41) is 4.14. The number of nitrogens with zero attached hydrogens (tertiary/aromatic N) is 4. The first-order valence-electron chi connectivity index (χ1n) is 13.5. The van der Waals surface area contributed by atoms with E-state index >= 15 is 0 Å². The van der Waals surface area contributed by atoms with Crippen molar-refractivity contribution >= 4 is 28.3 Å². The van der Waals surface area contributed by atoms with Gasteiger partial charge in [0.1, 0.15) is 36.4 Å². The SMILES string of the molecule is COc1cc2ncnc(Nc3ccc(OCc4cccc(F)c4)cc3)c2cc1OC1CCN(C(=O)CN(C)C)CC1. The summed E-state index contributed by atoms with van der Waals surface area (Å²) in [5.74, 6) is 2.34. The summed E-state index contributed by atoms with van der Waals surface area (Å²) in [7, 11) is 5.40. The first-order chi connectivity index (χ1) is 19.9. The first kappa shape index (κ1) is 28.1. The number of anilines is 2. The van der Waals surface area contributed by atoms with Crippen molar-refractivity contribution in [2.45, 2.75) is 25.6 Å². The summed E-state index contributed by atoms with van der Waals surface area (Å²) < 4.78 is 31.2. The van der Waals surface area contributed by atoms with E-state index in [1.165, 1.54) is 18.5 Å². The standard InChI is InChI=1S/C31H34FN5O4/c1-36(2)18-30(38)37-13-11-25(12-14-37)41-29-16-26-27(17-28(29)39-3)33-20-34-31(26)35-23-7-9-24(10-8-23)40-19-21-5-4-6-22(32)15-21/h4-10,15-17,20,25H,11-14,18-19H2,1-3H3,(H,33,34,35). The summed E-state index contributed by atoms with van der Waals surface area (Å²) in [5.41, 5.74) is 2.29. The van der Waals surface area contributed by atoms with Crippen LogP contribution < -0.4 is 19.5 Å². The highest BCUT2D eigenvalue weighted by Gasteiger charge is 2.25. The number of piperidine rings is 1. The van der Waals surface area contributed by atoms with Crippen molar-refractivity contribution in [2.24, 2.45) is 0 Å². The number of ether oxygens (including phenoxy) is 3. The zero-order valence-electron chi connectivity index (χ0n) is 23.5. The van der Waals surface area contributed by atoms with Crippen LogP contribution in [0.4, 0.5) is 15.9 Å². The van der Waals surface area contributed by atoms with Crippen molar-refractivity contribution in [3.8, 4) is 17.2 Å². The lowest BCUT2D eigenvalue weighted by Crippen LogP contribution is -2.45. The number of benzene rings is 3. The number of fused-ring (bicyclic) bond motifs is 1. The highest BCUT2D eigenvalue weighted by atomic mass is 19.1. The van der Waals surface area contributed by atoms with Crippen LogP contribution in [0.5, 0.6) is 17.2 Å². The molecule has 0 unspecified atom stereocenters. The molecule has 0 bridgehead atoms. The molecule has 1 saturated heterocycles. The predicted octanol–water partition coefficient (Wildman–Crippen LogP) is 5.03. The molecule has 0 aliphatic carbocycles. The van der Waals surface area contributed by atoms with E-state index in [0.717, 1.165) is 29.5 Å². The van der Waals surface area contributed by atoms with Gasteiger partial charge in [0, 0.05) is 43.1 Å². The van der Waals surface area contributed by atoms with Gasteiger partial charge in [-0.05, 0) is 62.1 Å². The van der Waals surface area contributed by atoms with Gasteiger partial charge in [0.25, 0.3) is 0 Å². The third-order valence-electron chi connectivity index (χ3n) is 6.87. The molecule has 1 fully saturated rings. The normalized spacial score (nSPS) is 13.8. The van der Waals surface area contributed by atoms with Crippen LogP contribution in [0.3, 0.4) is 0 Å². The number of aromatic nitrogens is 2. The Morgan fingerprint density at radius 2 is 1.83 bits per heavy atom. The summed E-state index contributed by atoms with van der Waals surface area (Å²) >= 11 is 0. The van der Waals surface area contributed by atoms with Gasteiger partial charge >= 0.3 is 0 Å². The molecule has 0 atom stereocenters. The largest absolute Gasteiger partial charge is 0.493 e. The number of hydrogen-bond acceptors (Lipinski definition) is 8. The number of rotatable bonds is 10. The molecule has 0 spiro atoms. The zero-order chi connectivity index (χ0) is 28.8. The predicted molar refractivity (Wildman–Crippen MR) is 155 cm³/mol. The highest BCUT2D eigenvalue weighted by molar-refractivity contribution is 5.93. The average Bonchev–Trinajstić information content (AvgIpc) is 2.97. The molecule has 41 heavy (non-hydrogen) atoms. The Kier molecular flexibility index (Phi) is 8.79. The van der Waals surface area contributed by atoms with E-state index in [4.69, 9.17) is 14.2 Å². The lowest BCUT2D eigenvalue weighted by Gasteiger charge is -2.33. The van der Waals surface area contributed by atoms with Crippen LogP contribution in [0, 0.1) is 5.82 Å². The molecule has 3 aromatic carbocycles. The Morgan fingerprint density at radius 1 is 1.05 bits per heavy atom. The van der Waals surface area contributed by atoms with Crippen LogP contribution in [0.25, 0.3) is 10.9 Å². The topological polar surface area (TPSA) is 89.0 Å². The number of nitrogens with one attached hydrogen (secondary N) is 1. The van der Waals surface area contributed by atoms with Gasteiger partial charge in [0.05, 0.1) is 19.2 Å². The maximum Gasteiger partial charge on any atom is 0.236 e. The van der Waals surface area contributed by atoms with E-state index < -0.39 is 0 Å². The molecule has 1 aromatic heterocycles. The second-order valence-corrected chi connectivity index (χ2v) is 10.2. The van der Waals surface area contributed by atoms with Gasteiger partial charge in [-0.2, -0.15) is 0 Å². The Morgan fingerprint density at radius 3 is 2.54 bits per heavy atom. The van der Waals surface area contributed by atoms with Crippen molar-refractivity contribution in [2.75, 3.05) is 46.2 Å². The minimum atomic E-state index is -0.286. The van der Waals surface area contributed by atoms with Crippen LogP contribution >= 0.6 is 0 Å². The Labute approximate surface area is 238 Å². The van der Waals surface area contributed by atoms with E-state index in [-0.39, 0.29) is 24.4 Å². The number of likely N-dealkylation sites (N-methyl/N-ethyl adjacent to an activating group) is 1. The fraction of sp³-hybridized carbons (Fsp3) is 0.323. The lowest BCUT2D eigenvalue weighted by molar-refractivity contribution is -0.133. The van der Waals surface area contributed by atoms with E-state index in [1.807, 2.05) is 66.4 Å². The fourth-order valence-corrected chi connectivity index (χ4v) is 4.75. The summed E-state index contributed by atoms with van der Waals surface area (Å²) in [6.07, 6.45) is 2.95. The van der Waals surface area contributed by atoms with Gasteiger partial charge in [0.15, 0.2) is 11.5 Å². The van der Waals surface area contributed by atoms with Crippen molar-refractivity contribution in [1.29, 1.82) is 0 Å². The average molecular weight is 560 g/mol. The highest BCUT2D eigenvalue weighted by Crippen LogP contribution is 2.36. The minimum absolute atomic E-state index is 0.0364. The molecule has 1 N–H and O–H groups in total. The molecule has 0 radical (unpaired) electrons. The summed E-state index contributed by atoms with van der Waals surface area (Å²) in [6.45, 7) is 2.00. The van der Waals surface area contributed by atoms with E-state index in [0.29, 0.717) is 48.2 Å². The number of likely N-dealkylation sites (tertiary alicyclic amines) is 1. The molecular formula is C31H34FN5O4. The van der Waals surface area contributed by atoms with E-state index in [9.17, 15) is 9.18 Å². The van der Waals surface area contributed by atoms with Gasteiger partial charge < -0.3 is 29.3 Å². The van der Waals surface area contributed by atoms with Gasteiger partial charge in [-0.15, -0.1) is 0 Å². The van der Waals surface area contributed by atoms with E-state index in [2.05, 4.69) is 15.3 Å². The van der Waals surface area contributed by atoms with Crippen LogP contribution in [-0.2, 0) is 11.4 Å². The molecule has 4 aromatic rings.